The van der Waals surface area contributed by atoms with E-state index in [1.54, 1.807) is 7.11 Å². The third-order valence-electron chi connectivity index (χ3n) is 7.50. The standard InChI is InChI=1S/C35H38O5/c1-37-31-18-16-26(17-19-31)20-29-14-8-9-15-33(29)40-34-22-32(39-24-28-12-6-3-7-13-28)21-30(35(34)36)25-38-23-27-10-4-2-5-11-27/h2-19,30,32,34-36H,20-25H2,1H3/t30-,32-,34-,35-/m0/s1. The van der Waals surface area contributed by atoms with Crippen molar-refractivity contribution < 1.29 is 24.1 Å². The molecule has 1 N–H and O–H groups in total. The molecule has 4 atom stereocenters. The quantitative estimate of drug-likeness (QED) is 0.220. The third-order valence-corrected chi connectivity index (χ3v) is 7.50. The van der Waals surface area contributed by atoms with Gasteiger partial charge in [0.2, 0.25) is 0 Å². The third kappa shape index (κ3) is 7.72. The van der Waals surface area contributed by atoms with Crippen LogP contribution in [0.4, 0.5) is 0 Å². The molecule has 5 nitrogen and oxygen atoms in total. The van der Waals surface area contributed by atoms with Gasteiger partial charge in [-0.25, -0.2) is 0 Å². The fourth-order valence-corrected chi connectivity index (χ4v) is 5.28. The van der Waals surface area contributed by atoms with E-state index in [1.807, 2.05) is 66.7 Å². The molecule has 5 rings (SSSR count). The Bertz CT molecular complexity index is 1290. The van der Waals surface area contributed by atoms with E-state index in [0.717, 1.165) is 46.6 Å². The van der Waals surface area contributed by atoms with Crippen molar-refractivity contribution in [1.82, 2.24) is 0 Å². The number of methoxy groups -OCH3 is 1. The van der Waals surface area contributed by atoms with Crippen LogP contribution >= 0.6 is 0 Å². The van der Waals surface area contributed by atoms with Crippen molar-refractivity contribution in [2.45, 2.75) is 50.8 Å². The van der Waals surface area contributed by atoms with Gasteiger partial charge in [0.05, 0.1) is 39.1 Å². The van der Waals surface area contributed by atoms with Gasteiger partial charge >= 0.3 is 0 Å². The van der Waals surface area contributed by atoms with E-state index in [1.165, 1.54) is 0 Å². The van der Waals surface area contributed by atoms with Crippen LogP contribution in [0.3, 0.4) is 0 Å². The first-order valence-corrected chi connectivity index (χ1v) is 14.0. The molecule has 208 valence electrons. The second-order valence-corrected chi connectivity index (χ2v) is 10.4. The number of aliphatic hydroxyl groups is 1. The topological polar surface area (TPSA) is 57.2 Å². The largest absolute Gasteiger partial charge is 0.497 e. The molecule has 1 aliphatic rings. The summed E-state index contributed by atoms with van der Waals surface area (Å²) in [7, 11) is 1.67. The summed E-state index contributed by atoms with van der Waals surface area (Å²) in [6.45, 7) is 1.48. The molecule has 0 aliphatic heterocycles. The summed E-state index contributed by atoms with van der Waals surface area (Å²) in [4.78, 5) is 0. The second kappa shape index (κ2) is 14.1. The molecule has 1 saturated carbocycles. The molecule has 0 aromatic heterocycles. The molecule has 0 bridgehead atoms. The van der Waals surface area contributed by atoms with E-state index in [0.29, 0.717) is 26.2 Å². The van der Waals surface area contributed by atoms with Crippen LogP contribution in [0, 0.1) is 5.92 Å². The molecule has 1 fully saturated rings. The van der Waals surface area contributed by atoms with Crippen LogP contribution in [0.5, 0.6) is 11.5 Å². The Hall–Kier alpha value is -3.64. The molecule has 4 aromatic carbocycles. The molecule has 4 aromatic rings. The van der Waals surface area contributed by atoms with Gasteiger partial charge < -0.3 is 24.1 Å². The number of hydrogen-bond acceptors (Lipinski definition) is 5. The summed E-state index contributed by atoms with van der Waals surface area (Å²) >= 11 is 0. The van der Waals surface area contributed by atoms with Crippen LogP contribution in [-0.2, 0) is 29.1 Å². The summed E-state index contributed by atoms with van der Waals surface area (Å²) in [6.07, 6.45) is 0.933. The van der Waals surface area contributed by atoms with Gasteiger partial charge in [0, 0.05) is 18.8 Å². The summed E-state index contributed by atoms with van der Waals surface area (Å²) in [5.74, 6) is 1.52. The number of hydrogen-bond donors (Lipinski definition) is 1. The normalized spacial score (nSPS) is 20.6. The predicted molar refractivity (Wildman–Crippen MR) is 157 cm³/mol. The van der Waals surface area contributed by atoms with Crippen molar-refractivity contribution >= 4 is 0 Å². The van der Waals surface area contributed by atoms with Gasteiger partial charge in [0.15, 0.2) is 0 Å². The molecule has 40 heavy (non-hydrogen) atoms. The number of benzene rings is 4. The molecular formula is C35H38O5. The van der Waals surface area contributed by atoms with Crippen molar-refractivity contribution in [2.75, 3.05) is 13.7 Å². The minimum absolute atomic E-state index is 0.0484. The van der Waals surface area contributed by atoms with Gasteiger partial charge in [0.25, 0.3) is 0 Å². The summed E-state index contributed by atoms with van der Waals surface area (Å²) in [5, 5.41) is 11.5. The van der Waals surface area contributed by atoms with E-state index >= 15 is 0 Å². The minimum atomic E-state index is -0.665. The molecule has 0 heterocycles. The summed E-state index contributed by atoms with van der Waals surface area (Å²) in [5.41, 5.74) is 4.49. The van der Waals surface area contributed by atoms with Crippen molar-refractivity contribution in [3.63, 3.8) is 0 Å². The van der Waals surface area contributed by atoms with E-state index in [-0.39, 0.29) is 12.0 Å². The van der Waals surface area contributed by atoms with Crippen molar-refractivity contribution in [1.29, 1.82) is 0 Å². The van der Waals surface area contributed by atoms with Gasteiger partial charge in [0.1, 0.15) is 17.6 Å². The zero-order chi connectivity index (χ0) is 27.6. The second-order valence-electron chi connectivity index (χ2n) is 10.4. The predicted octanol–water partition coefficient (Wildman–Crippen LogP) is 6.61. The fourth-order valence-electron chi connectivity index (χ4n) is 5.28. The first kappa shape index (κ1) is 27.9. The number of para-hydroxylation sites is 1. The zero-order valence-corrected chi connectivity index (χ0v) is 23.0. The lowest BCUT2D eigenvalue weighted by Gasteiger charge is -2.39. The molecular weight excluding hydrogens is 500 g/mol. The highest BCUT2D eigenvalue weighted by Gasteiger charge is 2.39. The highest BCUT2D eigenvalue weighted by atomic mass is 16.5. The Morgan fingerprint density at radius 3 is 2.05 bits per heavy atom. The highest BCUT2D eigenvalue weighted by Crippen LogP contribution is 2.33. The van der Waals surface area contributed by atoms with E-state index in [9.17, 15) is 5.11 Å². The number of aliphatic hydroxyl groups excluding tert-OH is 1. The van der Waals surface area contributed by atoms with Crippen molar-refractivity contribution in [2.24, 2.45) is 5.92 Å². The summed E-state index contributed by atoms with van der Waals surface area (Å²) < 4.78 is 24.3. The van der Waals surface area contributed by atoms with Gasteiger partial charge in [-0.1, -0.05) is 91.0 Å². The Morgan fingerprint density at radius 1 is 0.700 bits per heavy atom. The zero-order valence-electron chi connectivity index (χ0n) is 23.0. The van der Waals surface area contributed by atoms with Crippen molar-refractivity contribution in [3.8, 4) is 11.5 Å². The molecule has 0 radical (unpaired) electrons. The highest BCUT2D eigenvalue weighted by molar-refractivity contribution is 5.39. The SMILES string of the molecule is COc1ccc(Cc2ccccc2O[C@H]2C[C@@H](OCc3ccccc3)C[C@@H](COCc3ccccc3)[C@@H]2O)cc1. The average molecular weight is 539 g/mol. The Morgan fingerprint density at radius 2 is 1.35 bits per heavy atom. The van der Waals surface area contributed by atoms with Gasteiger partial charge in [-0.05, 0) is 46.9 Å². The van der Waals surface area contributed by atoms with Crippen molar-refractivity contribution in [3.05, 3.63) is 131 Å². The molecule has 0 saturated heterocycles. The maximum Gasteiger partial charge on any atom is 0.127 e. The minimum Gasteiger partial charge on any atom is -0.497 e. The maximum absolute atomic E-state index is 11.5. The summed E-state index contributed by atoms with van der Waals surface area (Å²) in [6, 6.07) is 36.5. The lowest BCUT2D eigenvalue weighted by molar-refractivity contribution is -0.114. The molecule has 5 heteroatoms. The van der Waals surface area contributed by atoms with E-state index in [4.69, 9.17) is 18.9 Å². The molecule has 0 amide bonds. The first-order chi connectivity index (χ1) is 19.7. The van der Waals surface area contributed by atoms with Crippen LogP contribution in [0.15, 0.2) is 109 Å². The first-order valence-electron chi connectivity index (χ1n) is 14.0. The van der Waals surface area contributed by atoms with Gasteiger partial charge in [-0.2, -0.15) is 0 Å². The van der Waals surface area contributed by atoms with Crippen LogP contribution in [0.2, 0.25) is 0 Å². The van der Waals surface area contributed by atoms with Crippen LogP contribution in [0.25, 0.3) is 0 Å². The monoisotopic (exact) mass is 538 g/mol. The van der Waals surface area contributed by atoms with Crippen LogP contribution < -0.4 is 9.47 Å². The van der Waals surface area contributed by atoms with Crippen LogP contribution in [-0.4, -0.2) is 37.1 Å². The molecule has 1 aliphatic carbocycles. The fraction of sp³-hybridized carbons (Fsp3) is 0.314. The molecule has 0 spiro atoms. The van der Waals surface area contributed by atoms with E-state index < -0.39 is 12.2 Å². The van der Waals surface area contributed by atoms with E-state index in [2.05, 4.69) is 42.5 Å². The number of rotatable bonds is 12. The van der Waals surface area contributed by atoms with Gasteiger partial charge in [-0.3, -0.25) is 0 Å². The van der Waals surface area contributed by atoms with Crippen LogP contribution in [0.1, 0.15) is 35.1 Å². The lowest BCUT2D eigenvalue weighted by Crippen LogP contribution is -2.48. The van der Waals surface area contributed by atoms with Gasteiger partial charge in [-0.15, -0.1) is 0 Å². The Balaban J connectivity index is 1.28. The number of ether oxygens (including phenoxy) is 4. The smallest absolute Gasteiger partial charge is 0.127 e. The Labute approximate surface area is 237 Å². The lowest BCUT2D eigenvalue weighted by atomic mass is 9.82. The maximum atomic E-state index is 11.5. The average Bonchev–Trinajstić information content (AvgIpc) is 3.00. The molecule has 0 unspecified atom stereocenters. The Kier molecular flexibility index (Phi) is 9.86.